The maximum absolute atomic E-state index is 12.8. The number of nitrogens with zero attached hydrogens (tertiary/aromatic N) is 2. The van der Waals surface area contributed by atoms with Gasteiger partial charge in [0.1, 0.15) is 18.1 Å². The molecule has 180 valence electrons. The van der Waals surface area contributed by atoms with Crippen molar-refractivity contribution in [2.45, 2.75) is 19.4 Å². The summed E-state index contributed by atoms with van der Waals surface area (Å²) in [5.41, 5.74) is 5.09. The number of hydrogen-bond acceptors (Lipinski definition) is 5. The Morgan fingerprint density at radius 1 is 1.00 bits per heavy atom. The monoisotopic (exact) mass is 471 g/mol. The Kier molecular flexibility index (Phi) is 8.12. The minimum Gasteiger partial charge on any atom is -0.497 e. The standard InChI is InChI=1S/C28H29N3O4/c1-34-25-12-7-11-23(18-25)28(33)31-16-14-22(15-17-31)27(32)30-29-19-24-10-5-6-13-26(24)35-20-21-8-3-2-4-9-21/h2-13,18-19,22H,14-17,20H2,1H3,(H,30,32)/b29-19+. The Labute approximate surface area is 205 Å². The van der Waals surface area contributed by atoms with Gasteiger partial charge < -0.3 is 14.4 Å². The smallest absolute Gasteiger partial charge is 0.253 e. The fourth-order valence-corrected chi connectivity index (χ4v) is 3.99. The van der Waals surface area contributed by atoms with Crippen LogP contribution in [0.1, 0.15) is 34.3 Å². The zero-order valence-corrected chi connectivity index (χ0v) is 19.7. The van der Waals surface area contributed by atoms with Crippen molar-refractivity contribution in [3.05, 3.63) is 95.6 Å². The van der Waals surface area contributed by atoms with Crippen molar-refractivity contribution in [3.8, 4) is 11.5 Å². The zero-order valence-electron chi connectivity index (χ0n) is 19.7. The lowest BCUT2D eigenvalue weighted by Gasteiger charge is -2.31. The van der Waals surface area contributed by atoms with Gasteiger partial charge in [0.2, 0.25) is 5.91 Å². The first kappa shape index (κ1) is 24.0. The third kappa shape index (κ3) is 6.47. The van der Waals surface area contributed by atoms with Crippen LogP contribution in [0.4, 0.5) is 0 Å². The van der Waals surface area contributed by atoms with Gasteiger partial charge in [-0.25, -0.2) is 5.43 Å². The average molecular weight is 472 g/mol. The summed E-state index contributed by atoms with van der Waals surface area (Å²) >= 11 is 0. The van der Waals surface area contributed by atoms with Gasteiger partial charge in [-0.1, -0.05) is 48.5 Å². The van der Waals surface area contributed by atoms with Gasteiger partial charge in [-0.3, -0.25) is 9.59 Å². The lowest BCUT2D eigenvalue weighted by atomic mass is 9.95. The van der Waals surface area contributed by atoms with Crippen LogP contribution in [0.15, 0.2) is 84.0 Å². The third-order valence-electron chi connectivity index (χ3n) is 6.00. The van der Waals surface area contributed by atoms with Crippen LogP contribution in [-0.2, 0) is 11.4 Å². The molecule has 1 aliphatic heterocycles. The molecule has 0 atom stereocenters. The van der Waals surface area contributed by atoms with E-state index in [-0.39, 0.29) is 17.7 Å². The molecule has 0 spiro atoms. The molecular formula is C28H29N3O4. The van der Waals surface area contributed by atoms with Gasteiger partial charge in [-0.15, -0.1) is 0 Å². The number of carbonyl (C=O) groups excluding carboxylic acids is 2. The lowest BCUT2D eigenvalue weighted by Crippen LogP contribution is -2.42. The summed E-state index contributed by atoms with van der Waals surface area (Å²) in [6.07, 6.45) is 2.78. The van der Waals surface area contributed by atoms with Crippen LogP contribution in [0.3, 0.4) is 0 Å². The predicted octanol–water partition coefficient (Wildman–Crippen LogP) is 4.28. The molecule has 3 aromatic carbocycles. The first-order valence-electron chi connectivity index (χ1n) is 11.7. The summed E-state index contributed by atoms with van der Waals surface area (Å²) < 4.78 is 11.1. The molecule has 4 rings (SSSR count). The van der Waals surface area contributed by atoms with Crippen molar-refractivity contribution < 1.29 is 19.1 Å². The number of carbonyl (C=O) groups is 2. The summed E-state index contributed by atoms with van der Waals surface area (Å²) in [6.45, 7) is 1.49. The molecule has 1 aliphatic rings. The maximum atomic E-state index is 12.8. The Morgan fingerprint density at radius 2 is 1.74 bits per heavy atom. The van der Waals surface area contributed by atoms with Gasteiger partial charge in [0.05, 0.1) is 13.3 Å². The second kappa shape index (κ2) is 11.8. The molecule has 0 unspecified atom stereocenters. The number of ether oxygens (including phenoxy) is 2. The molecule has 0 bridgehead atoms. The van der Waals surface area contributed by atoms with E-state index in [1.807, 2.05) is 60.7 Å². The molecule has 0 radical (unpaired) electrons. The van der Waals surface area contributed by atoms with Crippen molar-refractivity contribution >= 4 is 18.0 Å². The Hall–Kier alpha value is -4.13. The number of hydrazone groups is 1. The molecule has 1 heterocycles. The molecule has 0 saturated carbocycles. The average Bonchev–Trinajstić information content (AvgIpc) is 2.92. The van der Waals surface area contributed by atoms with Crippen molar-refractivity contribution in [2.75, 3.05) is 20.2 Å². The van der Waals surface area contributed by atoms with Crippen LogP contribution in [0.5, 0.6) is 11.5 Å². The summed E-state index contributed by atoms with van der Waals surface area (Å²) in [7, 11) is 1.58. The summed E-state index contributed by atoms with van der Waals surface area (Å²) in [6, 6.07) is 24.6. The van der Waals surface area contributed by atoms with Crippen LogP contribution in [0.25, 0.3) is 0 Å². The molecule has 1 fully saturated rings. The summed E-state index contributed by atoms with van der Waals surface area (Å²) in [5.74, 6) is 0.963. The lowest BCUT2D eigenvalue weighted by molar-refractivity contribution is -0.126. The number of amides is 2. The van der Waals surface area contributed by atoms with Crippen LogP contribution in [0, 0.1) is 5.92 Å². The second-order valence-electron chi connectivity index (χ2n) is 8.34. The van der Waals surface area contributed by atoms with Crippen LogP contribution in [0.2, 0.25) is 0 Å². The number of piperidine rings is 1. The second-order valence-corrected chi connectivity index (χ2v) is 8.34. The van der Waals surface area contributed by atoms with Crippen LogP contribution in [-0.4, -0.2) is 43.1 Å². The summed E-state index contributed by atoms with van der Waals surface area (Å²) in [5, 5.41) is 4.15. The molecule has 1 saturated heterocycles. The molecule has 3 aromatic rings. The number of nitrogens with one attached hydrogen (secondary N) is 1. The van der Waals surface area contributed by atoms with Gasteiger partial charge in [-0.05, 0) is 48.7 Å². The highest BCUT2D eigenvalue weighted by Crippen LogP contribution is 2.21. The topological polar surface area (TPSA) is 80.2 Å². The van der Waals surface area contributed by atoms with Crippen molar-refractivity contribution in [1.82, 2.24) is 10.3 Å². The zero-order chi connectivity index (χ0) is 24.5. The highest BCUT2D eigenvalue weighted by molar-refractivity contribution is 5.95. The normalized spacial score (nSPS) is 14.0. The Morgan fingerprint density at radius 3 is 2.51 bits per heavy atom. The van der Waals surface area contributed by atoms with Gasteiger partial charge in [0.25, 0.3) is 5.91 Å². The van der Waals surface area contributed by atoms with E-state index in [1.54, 1.807) is 36.4 Å². The van der Waals surface area contributed by atoms with E-state index >= 15 is 0 Å². The van der Waals surface area contributed by atoms with Crippen molar-refractivity contribution in [3.63, 3.8) is 0 Å². The van der Waals surface area contributed by atoms with Crippen LogP contribution >= 0.6 is 0 Å². The SMILES string of the molecule is COc1cccc(C(=O)N2CCC(C(=O)N/N=C/c3ccccc3OCc3ccccc3)CC2)c1. The summed E-state index contributed by atoms with van der Waals surface area (Å²) in [4.78, 5) is 27.2. The van der Waals surface area contributed by atoms with E-state index in [4.69, 9.17) is 9.47 Å². The Balaban J connectivity index is 1.27. The molecular weight excluding hydrogens is 442 g/mol. The molecule has 7 nitrogen and oxygen atoms in total. The van der Waals surface area contributed by atoms with E-state index in [0.717, 1.165) is 11.1 Å². The predicted molar refractivity (Wildman–Crippen MR) is 135 cm³/mol. The number of likely N-dealkylation sites (tertiary alicyclic amines) is 1. The minimum absolute atomic E-state index is 0.0483. The molecule has 0 aromatic heterocycles. The number of methoxy groups -OCH3 is 1. The molecule has 1 N–H and O–H groups in total. The molecule has 0 aliphatic carbocycles. The van der Waals surface area contributed by atoms with E-state index in [2.05, 4.69) is 10.5 Å². The van der Waals surface area contributed by atoms with E-state index in [9.17, 15) is 9.59 Å². The van der Waals surface area contributed by atoms with Gasteiger partial charge in [-0.2, -0.15) is 5.10 Å². The molecule has 2 amide bonds. The molecule has 35 heavy (non-hydrogen) atoms. The number of benzene rings is 3. The number of hydrogen-bond donors (Lipinski definition) is 1. The first-order chi connectivity index (χ1) is 17.1. The fourth-order valence-electron chi connectivity index (χ4n) is 3.99. The highest BCUT2D eigenvalue weighted by Gasteiger charge is 2.27. The van der Waals surface area contributed by atoms with Crippen molar-refractivity contribution in [2.24, 2.45) is 11.0 Å². The minimum atomic E-state index is -0.189. The van der Waals surface area contributed by atoms with Gasteiger partial charge >= 0.3 is 0 Å². The molecule has 7 heteroatoms. The number of rotatable bonds is 8. The maximum Gasteiger partial charge on any atom is 0.253 e. The largest absolute Gasteiger partial charge is 0.497 e. The number of para-hydroxylation sites is 1. The van der Waals surface area contributed by atoms with Gasteiger partial charge in [0.15, 0.2) is 0 Å². The quantitative estimate of drug-likeness (QED) is 0.393. The van der Waals surface area contributed by atoms with E-state index in [1.165, 1.54) is 0 Å². The third-order valence-corrected chi connectivity index (χ3v) is 6.00. The fraction of sp³-hybridized carbons (Fsp3) is 0.250. The van der Waals surface area contributed by atoms with E-state index in [0.29, 0.717) is 49.6 Å². The Bertz CT molecular complexity index is 1170. The van der Waals surface area contributed by atoms with Crippen LogP contribution < -0.4 is 14.9 Å². The highest BCUT2D eigenvalue weighted by atomic mass is 16.5. The van der Waals surface area contributed by atoms with Gasteiger partial charge in [0, 0.05) is 30.1 Å². The first-order valence-corrected chi connectivity index (χ1v) is 11.7. The van der Waals surface area contributed by atoms with E-state index < -0.39 is 0 Å². The van der Waals surface area contributed by atoms with Crippen molar-refractivity contribution in [1.29, 1.82) is 0 Å².